The van der Waals surface area contributed by atoms with Crippen LogP contribution in [0.3, 0.4) is 0 Å². The van der Waals surface area contributed by atoms with Crippen LogP contribution >= 0.6 is 11.3 Å². The number of thiophene rings is 1. The topological polar surface area (TPSA) is 96.4 Å². The zero-order valence-corrected chi connectivity index (χ0v) is 14.6. The minimum absolute atomic E-state index is 0.0237. The van der Waals surface area contributed by atoms with Gasteiger partial charge in [0.15, 0.2) is 0 Å². The van der Waals surface area contributed by atoms with Gasteiger partial charge in [-0.1, -0.05) is 0 Å². The molecule has 3 rings (SSSR count). The first-order valence-electron chi connectivity index (χ1n) is 7.22. The molecule has 0 unspecified atom stereocenters. The number of fused-ring (bicyclic) bond motifs is 1. The Morgan fingerprint density at radius 1 is 1.21 bits per heavy atom. The Hall–Kier alpha value is -2.10. The Labute approximate surface area is 143 Å². The highest BCUT2D eigenvalue weighted by atomic mass is 32.2. The lowest BCUT2D eigenvalue weighted by molar-refractivity contribution is 0.0642. The van der Waals surface area contributed by atoms with Crippen molar-refractivity contribution in [1.29, 1.82) is 0 Å². The van der Waals surface area contributed by atoms with Crippen LogP contribution in [0.4, 0.5) is 0 Å². The average Bonchev–Trinajstić information content (AvgIpc) is 3.07. The van der Waals surface area contributed by atoms with Crippen molar-refractivity contribution in [2.75, 3.05) is 0 Å². The van der Waals surface area contributed by atoms with Crippen molar-refractivity contribution in [3.8, 4) is 0 Å². The number of sulfonamides is 1. The summed E-state index contributed by atoms with van der Waals surface area (Å²) in [7, 11) is -3.59. The minimum atomic E-state index is -3.59. The van der Waals surface area contributed by atoms with Crippen LogP contribution < -0.4 is 4.72 Å². The number of aromatic nitrogens is 1. The summed E-state index contributed by atoms with van der Waals surface area (Å²) in [5, 5.41) is 0. The van der Waals surface area contributed by atoms with E-state index in [1.165, 1.54) is 12.3 Å². The predicted molar refractivity (Wildman–Crippen MR) is 88.2 cm³/mol. The Kier molecular flexibility index (Phi) is 4.24. The molecule has 2 aromatic rings. The van der Waals surface area contributed by atoms with E-state index in [4.69, 9.17) is 0 Å². The molecule has 1 aliphatic heterocycles. The molecule has 24 heavy (non-hydrogen) atoms. The molecule has 7 nitrogen and oxygen atoms in total. The number of rotatable bonds is 5. The smallest absolute Gasteiger partial charge is 0.268 e. The molecular weight excluding hydrogens is 350 g/mol. The maximum Gasteiger partial charge on any atom is 0.280 e. The molecule has 2 amide bonds. The molecule has 9 heteroatoms. The highest BCUT2D eigenvalue weighted by molar-refractivity contribution is 7.91. The molecule has 0 fully saturated rings. The van der Waals surface area contributed by atoms with Crippen molar-refractivity contribution in [3.05, 3.63) is 46.6 Å². The maximum atomic E-state index is 12.3. The van der Waals surface area contributed by atoms with Gasteiger partial charge in [0, 0.05) is 17.1 Å². The van der Waals surface area contributed by atoms with Crippen molar-refractivity contribution in [3.63, 3.8) is 0 Å². The molecule has 0 saturated heterocycles. The van der Waals surface area contributed by atoms with E-state index in [9.17, 15) is 18.0 Å². The second-order valence-corrected chi connectivity index (χ2v) is 8.70. The summed E-state index contributed by atoms with van der Waals surface area (Å²) in [6.07, 6.45) is 1.46. The first kappa shape index (κ1) is 16.7. The van der Waals surface area contributed by atoms with Crippen molar-refractivity contribution in [2.45, 2.75) is 30.6 Å². The van der Waals surface area contributed by atoms with Gasteiger partial charge < -0.3 is 0 Å². The number of nitrogens with one attached hydrogen (secondary N) is 1. The van der Waals surface area contributed by atoms with E-state index in [1.807, 2.05) is 0 Å². The zero-order chi connectivity index (χ0) is 17.5. The van der Waals surface area contributed by atoms with Gasteiger partial charge in [-0.25, -0.2) is 13.1 Å². The van der Waals surface area contributed by atoms with Gasteiger partial charge in [0.05, 0.1) is 12.1 Å². The number of pyridine rings is 1. The van der Waals surface area contributed by atoms with E-state index < -0.39 is 21.8 Å². The largest absolute Gasteiger partial charge is 0.280 e. The molecule has 2 aromatic heterocycles. The van der Waals surface area contributed by atoms with Gasteiger partial charge in [0.1, 0.15) is 9.90 Å². The molecule has 3 heterocycles. The number of carbonyl (C=O) groups excluding carboxylic acids is 2. The summed E-state index contributed by atoms with van der Waals surface area (Å²) in [4.78, 5) is 30.2. The van der Waals surface area contributed by atoms with Crippen molar-refractivity contribution >= 4 is 33.2 Å². The zero-order valence-electron chi connectivity index (χ0n) is 13.0. The fraction of sp³-hybridized carbons (Fsp3) is 0.267. The van der Waals surface area contributed by atoms with Gasteiger partial charge in [-0.3, -0.25) is 19.5 Å². The Bertz CT molecular complexity index is 883. The van der Waals surface area contributed by atoms with Gasteiger partial charge >= 0.3 is 0 Å². The molecule has 1 N–H and O–H groups in total. The van der Waals surface area contributed by atoms with Crippen LogP contribution in [0.5, 0.6) is 0 Å². The molecule has 0 bridgehead atoms. The third-order valence-electron chi connectivity index (χ3n) is 3.34. The molecule has 0 atom stereocenters. The fourth-order valence-electron chi connectivity index (χ4n) is 2.37. The van der Waals surface area contributed by atoms with Crippen LogP contribution in [0, 0.1) is 0 Å². The van der Waals surface area contributed by atoms with Gasteiger partial charge in [0.2, 0.25) is 10.0 Å². The molecule has 126 valence electrons. The molecule has 0 saturated carbocycles. The van der Waals surface area contributed by atoms with Crippen molar-refractivity contribution in [2.24, 2.45) is 0 Å². The first-order chi connectivity index (χ1) is 11.3. The van der Waals surface area contributed by atoms with Gasteiger partial charge in [-0.15, -0.1) is 11.3 Å². The quantitative estimate of drug-likeness (QED) is 0.812. The van der Waals surface area contributed by atoms with Crippen LogP contribution in [0.25, 0.3) is 0 Å². The molecule has 0 spiro atoms. The SMILES string of the molecule is CC(C)NS(=O)(=O)c1ccc(CN2C(=O)c3cccnc3C2=O)s1. The number of imide groups is 1. The van der Waals surface area contributed by atoms with Crippen molar-refractivity contribution < 1.29 is 18.0 Å². The second-order valence-electron chi connectivity index (χ2n) is 5.59. The Morgan fingerprint density at radius 3 is 2.62 bits per heavy atom. The van der Waals surface area contributed by atoms with Crippen LogP contribution in [0.15, 0.2) is 34.7 Å². The molecule has 1 aliphatic rings. The molecule has 0 aliphatic carbocycles. The summed E-state index contributed by atoms with van der Waals surface area (Å²) >= 11 is 1.03. The van der Waals surface area contributed by atoms with Crippen LogP contribution in [0.2, 0.25) is 0 Å². The standard InChI is InChI=1S/C15H15N3O4S2/c1-9(2)17-24(21,22)12-6-5-10(23-12)8-18-14(19)11-4-3-7-16-13(11)15(18)20/h3-7,9,17H,8H2,1-2H3. The Morgan fingerprint density at radius 2 is 1.96 bits per heavy atom. The molecular formula is C15H15N3O4S2. The fourth-order valence-corrected chi connectivity index (χ4v) is 4.98. The molecule has 0 aromatic carbocycles. The lowest BCUT2D eigenvalue weighted by Crippen LogP contribution is -2.29. The van der Waals surface area contributed by atoms with Gasteiger partial charge in [-0.05, 0) is 38.1 Å². The summed E-state index contributed by atoms with van der Waals surface area (Å²) in [6, 6.07) is 6.01. The minimum Gasteiger partial charge on any atom is -0.268 e. The third-order valence-corrected chi connectivity index (χ3v) is 6.56. The normalized spacial score (nSPS) is 14.5. The van der Waals surface area contributed by atoms with E-state index in [-0.39, 0.29) is 28.1 Å². The van der Waals surface area contributed by atoms with Gasteiger partial charge in [0.25, 0.3) is 11.8 Å². The summed E-state index contributed by atoms with van der Waals surface area (Å²) in [5.41, 5.74) is 0.404. The van der Waals surface area contributed by atoms with E-state index in [0.717, 1.165) is 16.2 Å². The maximum absolute atomic E-state index is 12.3. The number of nitrogens with zero attached hydrogens (tertiary/aromatic N) is 2. The number of hydrogen-bond acceptors (Lipinski definition) is 6. The van der Waals surface area contributed by atoms with Crippen LogP contribution in [0.1, 0.15) is 39.6 Å². The number of amides is 2. The second kappa shape index (κ2) is 6.08. The highest BCUT2D eigenvalue weighted by Gasteiger charge is 2.36. The van der Waals surface area contributed by atoms with E-state index in [0.29, 0.717) is 4.88 Å². The first-order valence-corrected chi connectivity index (χ1v) is 9.52. The summed E-state index contributed by atoms with van der Waals surface area (Å²) < 4.78 is 26.9. The van der Waals surface area contributed by atoms with E-state index in [1.54, 1.807) is 32.0 Å². The Balaban J connectivity index is 1.82. The highest BCUT2D eigenvalue weighted by Crippen LogP contribution is 2.27. The van der Waals surface area contributed by atoms with Crippen LogP contribution in [-0.4, -0.2) is 36.2 Å². The van der Waals surface area contributed by atoms with Gasteiger partial charge in [-0.2, -0.15) is 0 Å². The lowest BCUT2D eigenvalue weighted by Gasteiger charge is -2.11. The van der Waals surface area contributed by atoms with E-state index >= 15 is 0 Å². The lowest BCUT2D eigenvalue weighted by atomic mass is 10.2. The van der Waals surface area contributed by atoms with E-state index in [2.05, 4.69) is 9.71 Å². The molecule has 0 radical (unpaired) electrons. The summed E-state index contributed by atoms with van der Waals surface area (Å²) in [5.74, 6) is -0.880. The number of hydrogen-bond donors (Lipinski definition) is 1. The van der Waals surface area contributed by atoms with Crippen molar-refractivity contribution in [1.82, 2.24) is 14.6 Å². The predicted octanol–water partition coefficient (Wildman–Crippen LogP) is 1.63. The summed E-state index contributed by atoms with van der Waals surface area (Å²) in [6.45, 7) is 3.49. The monoisotopic (exact) mass is 365 g/mol. The average molecular weight is 365 g/mol. The third kappa shape index (κ3) is 2.97. The van der Waals surface area contributed by atoms with Crippen LogP contribution in [-0.2, 0) is 16.6 Å². The number of carbonyl (C=O) groups is 2.